The van der Waals surface area contributed by atoms with Crippen LogP contribution in [-0.4, -0.2) is 5.97 Å². The Balaban J connectivity index is 2.24. The van der Waals surface area contributed by atoms with E-state index in [-0.39, 0.29) is 5.97 Å². The first-order chi connectivity index (χ1) is 10.1. The van der Waals surface area contributed by atoms with Crippen molar-refractivity contribution in [3.8, 4) is 0 Å². The Labute approximate surface area is 129 Å². The number of esters is 1. The molecule has 0 aliphatic heterocycles. The average molecular weight is 288 g/mol. The summed E-state index contributed by atoms with van der Waals surface area (Å²) in [5, 5.41) is 0. The Hall–Kier alpha value is -1.57. The minimum Gasteiger partial charge on any atom is -0.457 e. The molecule has 116 valence electrons. The summed E-state index contributed by atoms with van der Waals surface area (Å²) in [5.41, 5.74) is 2.83. The Morgan fingerprint density at radius 2 is 1.57 bits per heavy atom. The van der Waals surface area contributed by atoms with Gasteiger partial charge in [-0.15, -0.1) is 0 Å². The van der Waals surface area contributed by atoms with Gasteiger partial charge in [0.1, 0.15) is 6.61 Å². The number of ether oxygens (including phenoxy) is 1. The van der Waals surface area contributed by atoms with Gasteiger partial charge in [0.2, 0.25) is 0 Å². The number of rotatable bonds is 10. The van der Waals surface area contributed by atoms with Gasteiger partial charge in [-0.1, -0.05) is 69.9 Å². The topological polar surface area (TPSA) is 26.3 Å². The van der Waals surface area contributed by atoms with Crippen LogP contribution in [0.15, 0.2) is 36.4 Å². The van der Waals surface area contributed by atoms with Crippen LogP contribution in [0.2, 0.25) is 0 Å². The normalized spacial score (nSPS) is 10.4. The summed E-state index contributed by atoms with van der Waals surface area (Å²) >= 11 is 0. The predicted octanol–water partition coefficient (Wildman–Crippen LogP) is 5.21. The first kappa shape index (κ1) is 17.5. The molecule has 0 amide bonds. The monoisotopic (exact) mass is 288 g/mol. The van der Waals surface area contributed by atoms with E-state index in [0.717, 1.165) is 12.0 Å². The lowest BCUT2D eigenvalue weighted by molar-refractivity contribution is -0.140. The molecule has 0 aromatic heterocycles. The summed E-state index contributed by atoms with van der Waals surface area (Å²) in [5.74, 6) is -0.328. The number of carbonyl (C=O) groups excluding carboxylic acids is 1. The molecule has 0 heterocycles. The Bertz CT molecular complexity index is 431. The van der Waals surface area contributed by atoms with Gasteiger partial charge in [-0.25, -0.2) is 4.79 Å². The zero-order chi connectivity index (χ0) is 15.5. The van der Waals surface area contributed by atoms with Crippen molar-refractivity contribution < 1.29 is 9.53 Å². The van der Waals surface area contributed by atoms with Gasteiger partial charge < -0.3 is 4.74 Å². The van der Waals surface area contributed by atoms with Crippen LogP contribution in [0.1, 0.15) is 63.5 Å². The van der Waals surface area contributed by atoms with Crippen molar-refractivity contribution in [3.05, 3.63) is 47.5 Å². The van der Waals surface area contributed by atoms with Crippen LogP contribution >= 0.6 is 0 Å². The summed E-state index contributed by atoms with van der Waals surface area (Å²) in [7, 11) is 0. The van der Waals surface area contributed by atoms with Crippen LogP contribution in [0.3, 0.4) is 0 Å². The SMILES string of the molecule is C=C(C)C(=O)OCc1ccc(CCCCCCCC)cc1. The fourth-order valence-electron chi connectivity index (χ4n) is 2.18. The van der Waals surface area contributed by atoms with Gasteiger partial charge in [0.15, 0.2) is 0 Å². The molecule has 0 aliphatic carbocycles. The molecule has 0 spiro atoms. The predicted molar refractivity (Wildman–Crippen MR) is 88.1 cm³/mol. The van der Waals surface area contributed by atoms with Crippen molar-refractivity contribution in [2.75, 3.05) is 0 Å². The maximum absolute atomic E-state index is 11.3. The summed E-state index contributed by atoms with van der Waals surface area (Å²) < 4.78 is 5.13. The highest BCUT2D eigenvalue weighted by molar-refractivity contribution is 5.86. The molecule has 2 nitrogen and oxygen atoms in total. The Morgan fingerprint density at radius 1 is 1.00 bits per heavy atom. The fourth-order valence-corrected chi connectivity index (χ4v) is 2.18. The van der Waals surface area contributed by atoms with Gasteiger partial charge in [0, 0.05) is 5.57 Å². The van der Waals surface area contributed by atoms with Crippen molar-refractivity contribution in [2.24, 2.45) is 0 Å². The van der Waals surface area contributed by atoms with Gasteiger partial charge in [-0.05, 0) is 30.9 Å². The molecule has 1 aromatic rings. The zero-order valence-electron chi connectivity index (χ0n) is 13.5. The van der Waals surface area contributed by atoms with E-state index in [9.17, 15) is 4.79 Å². The highest BCUT2D eigenvalue weighted by atomic mass is 16.5. The van der Waals surface area contributed by atoms with Crippen LogP contribution in [0.5, 0.6) is 0 Å². The van der Waals surface area contributed by atoms with E-state index < -0.39 is 0 Å². The molecule has 0 aliphatic rings. The number of benzene rings is 1. The van der Waals surface area contributed by atoms with Crippen molar-refractivity contribution in [3.63, 3.8) is 0 Å². The molecule has 2 heteroatoms. The summed E-state index contributed by atoms with van der Waals surface area (Å²) in [6, 6.07) is 8.35. The molecule has 0 bridgehead atoms. The second kappa shape index (κ2) is 10.2. The molecule has 0 radical (unpaired) electrons. The molecule has 0 atom stereocenters. The van der Waals surface area contributed by atoms with E-state index >= 15 is 0 Å². The van der Waals surface area contributed by atoms with Crippen molar-refractivity contribution in [2.45, 2.75) is 65.4 Å². The van der Waals surface area contributed by atoms with Gasteiger partial charge >= 0.3 is 5.97 Å². The lowest BCUT2D eigenvalue weighted by Gasteiger charge is -2.06. The van der Waals surface area contributed by atoms with E-state index in [1.54, 1.807) is 6.92 Å². The van der Waals surface area contributed by atoms with Gasteiger partial charge in [0.25, 0.3) is 0 Å². The third kappa shape index (κ3) is 7.69. The highest BCUT2D eigenvalue weighted by Crippen LogP contribution is 2.12. The highest BCUT2D eigenvalue weighted by Gasteiger charge is 2.03. The molecule has 0 N–H and O–H groups in total. The molecular weight excluding hydrogens is 260 g/mol. The third-order valence-corrected chi connectivity index (χ3v) is 3.56. The summed E-state index contributed by atoms with van der Waals surface area (Å²) in [4.78, 5) is 11.3. The van der Waals surface area contributed by atoms with E-state index in [1.807, 2.05) is 12.1 Å². The van der Waals surface area contributed by atoms with E-state index in [1.165, 1.54) is 44.1 Å². The minimum atomic E-state index is -0.328. The Kier molecular flexibility index (Phi) is 8.49. The second-order valence-electron chi connectivity index (χ2n) is 5.69. The lowest BCUT2D eigenvalue weighted by Crippen LogP contribution is -2.04. The first-order valence-corrected chi connectivity index (χ1v) is 8.04. The van der Waals surface area contributed by atoms with Gasteiger partial charge in [-0.3, -0.25) is 0 Å². The van der Waals surface area contributed by atoms with E-state index in [2.05, 4.69) is 25.6 Å². The largest absolute Gasteiger partial charge is 0.457 e. The quantitative estimate of drug-likeness (QED) is 0.335. The van der Waals surface area contributed by atoms with Crippen LogP contribution in [0.4, 0.5) is 0 Å². The van der Waals surface area contributed by atoms with E-state index in [0.29, 0.717) is 12.2 Å². The molecule has 21 heavy (non-hydrogen) atoms. The molecule has 0 fully saturated rings. The van der Waals surface area contributed by atoms with Crippen molar-refractivity contribution in [1.29, 1.82) is 0 Å². The number of carbonyl (C=O) groups is 1. The maximum Gasteiger partial charge on any atom is 0.333 e. The lowest BCUT2D eigenvalue weighted by atomic mass is 10.0. The first-order valence-electron chi connectivity index (χ1n) is 8.04. The third-order valence-electron chi connectivity index (χ3n) is 3.56. The average Bonchev–Trinajstić information content (AvgIpc) is 2.49. The van der Waals surface area contributed by atoms with Crippen molar-refractivity contribution in [1.82, 2.24) is 0 Å². The van der Waals surface area contributed by atoms with Crippen LogP contribution in [-0.2, 0) is 22.6 Å². The molecule has 0 saturated carbocycles. The molecule has 0 saturated heterocycles. The van der Waals surface area contributed by atoms with Crippen molar-refractivity contribution >= 4 is 5.97 Å². The molecule has 1 aromatic carbocycles. The number of hydrogen-bond donors (Lipinski definition) is 0. The minimum absolute atomic E-state index is 0.322. The summed E-state index contributed by atoms with van der Waals surface area (Å²) in [6.45, 7) is 7.79. The maximum atomic E-state index is 11.3. The molecule has 0 unspecified atom stereocenters. The summed E-state index contributed by atoms with van der Waals surface area (Å²) in [6.07, 6.45) is 9.09. The van der Waals surface area contributed by atoms with Crippen LogP contribution < -0.4 is 0 Å². The van der Waals surface area contributed by atoms with Crippen LogP contribution in [0, 0.1) is 0 Å². The molecular formula is C19H28O2. The van der Waals surface area contributed by atoms with E-state index in [4.69, 9.17) is 4.74 Å². The number of aryl methyl sites for hydroxylation is 1. The smallest absolute Gasteiger partial charge is 0.333 e. The fraction of sp³-hybridized carbons (Fsp3) is 0.526. The number of hydrogen-bond acceptors (Lipinski definition) is 2. The van der Waals surface area contributed by atoms with Gasteiger partial charge in [-0.2, -0.15) is 0 Å². The van der Waals surface area contributed by atoms with Crippen LogP contribution in [0.25, 0.3) is 0 Å². The van der Waals surface area contributed by atoms with Gasteiger partial charge in [0.05, 0.1) is 0 Å². The number of unbranched alkanes of at least 4 members (excludes halogenated alkanes) is 5. The zero-order valence-corrected chi connectivity index (χ0v) is 13.5. The molecule has 1 rings (SSSR count). The Morgan fingerprint density at radius 3 is 2.19 bits per heavy atom. The second-order valence-corrected chi connectivity index (χ2v) is 5.69. The standard InChI is InChI=1S/C19H28O2/c1-4-5-6-7-8-9-10-17-11-13-18(14-12-17)15-21-19(20)16(2)3/h11-14H,2,4-10,15H2,1,3H3.